The van der Waals surface area contributed by atoms with Crippen molar-refractivity contribution in [3.8, 4) is 0 Å². The smallest absolute Gasteiger partial charge is 0.0502 e. The van der Waals surface area contributed by atoms with Gasteiger partial charge in [-0.25, -0.2) is 0 Å². The summed E-state index contributed by atoms with van der Waals surface area (Å²) in [5.41, 5.74) is 9.84. The molecule has 0 fully saturated rings. The zero-order chi connectivity index (χ0) is 13.0. The van der Waals surface area contributed by atoms with Crippen LogP contribution >= 0.6 is 0 Å². The summed E-state index contributed by atoms with van der Waals surface area (Å²) in [5.74, 6) is 0. The normalized spacial score (nSPS) is 12.8. The van der Waals surface area contributed by atoms with Crippen molar-refractivity contribution in [2.75, 3.05) is 0 Å². The lowest BCUT2D eigenvalue weighted by Crippen LogP contribution is -2.08. The lowest BCUT2D eigenvalue weighted by Gasteiger charge is -2.09. The zero-order valence-electron chi connectivity index (χ0n) is 11.1. The molecule has 0 aliphatic carbocycles. The Morgan fingerprint density at radius 3 is 2.83 bits per heavy atom. The number of hydrogen-bond donors (Lipinski definition) is 2. The van der Waals surface area contributed by atoms with Crippen molar-refractivity contribution in [2.45, 2.75) is 38.6 Å². The maximum Gasteiger partial charge on any atom is 0.0502 e. The molecule has 1 aromatic carbocycles. The summed E-state index contributed by atoms with van der Waals surface area (Å²) < 4.78 is 0. The van der Waals surface area contributed by atoms with Crippen LogP contribution in [0.25, 0.3) is 10.9 Å². The fourth-order valence-electron chi connectivity index (χ4n) is 2.47. The molecule has 0 saturated carbocycles. The van der Waals surface area contributed by atoms with Crippen LogP contribution in [0.4, 0.5) is 0 Å². The second-order valence-corrected chi connectivity index (χ2v) is 4.78. The van der Waals surface area contributed by atoms with Crippen LogP contribution in [-0.4, -0.2) is 4.98 Å². The summed E-state index contributed by atoms with van der Waals surface area (Å²) in [4.78, 5) is 3.51. The van der Waals surface area contributed by atoms with Gasteiger partial charge in [-0.05, 0) is 18.9 Å². The van der Waals surface area contributed by atoms with E-state index < -0.39 is 0 Å². The molecule has 2 heteroatoms. The average Bonchev–Trinajstić information content (AvgIpc) is 2.76. The number of H-pyrrole nitrogens is 1. The van der Waals surface area contributed by atoms with E-state index in [0.29, 0.717) is 0 Å². The molecule has 2 aromatic rings. The van der Waals surface area contributed by atoms with Gasteiger partial charge in [0.1, 0.15) is 0 Å². The Kier molecular flexibility index (Phi) is 4.21. The Labute approximate surface area is 109 Å². The molecule has 1 aromatic heterocycles. The van der Waals surface area contributed by atoms with E-state index in [1.54, 1.807) is 0 Å². The first-order valence-electron chi connectivity index (χ1n) is 6.75. The largest absolute Gasteiger partial charge is 0.358 e. The van der Waals surface area contributed by atoms with E-state index in [9.17, 15) is 0 Å². The third kappa shape index (κ3) is 2.49. The van der Waals surface area contributed by atoms with Crippen molar-refractivity contribution in [1.82, 2.24) is 4.98 Å². The third-order valence-corrected chi connectivity index (χ3v) is 3.45. The number of fused-ring (bicyclic) bond motifs is 1. The van der Waals surface area contributed by atoms with E-state index in [4.69, 9.17) is 5.73 Å². The number of hydrogen-bond acceptors (Lipinski definition) is 1. The number of aromatic nitrogens is 1. The van der Waals surface area contributed by atoms with Crippen molar-refractivity contribution >= 4 is 10.9 Å². The van der Waals surface area contributed by atoms with E-state index in [0.717, 1.165) is 6.42 Å². The van der Waals surface area contributed by atoms with Crippen LogP contribution in [0, 0.1) is 0 Å². The van der Waals surface area contributed by atoms with Gasteiger partial charge in [-0.3, -0.25) is 0 Å². The summed E-state index contributed by atoms with van der Waals surface area (Å²) in [5, 5.41) is 1.23. The Balaban J connectivity index is 2.40. The average molecular weight is 242 g/mol. The molecule has 0 spiro atoms. The van der Waals surface area contributed by atoms with E-state index in [-0.39, 0.29) is 6.04 Å². The Morgan fingerprint density at radius 2 is 2.11 bits per heavy atom. The highest BCUT2D eigenvalue weighted by molar-refractivity contribution is 5.85. The SMILES string of the molecule is C=CC(N)c1c(CCCCC)[nH]c2ccccc12. The van der Waals surface area contributed by atoms with E-state index in [1.165, 1.54) is 41.4 Å². The number of benzene rings is 1. The second kappa shape index (κ2) is 5.87. The lowest BCUT2D eigenvalue weighted by atomic mass is 10.0. The van der Waals surface area contributed by atoms with Crippen LogP contribution < -0.4 is 5.73 Å². The first-order chi connectivity index (χ1) is 8.77. The summed E-state index contributed by atoms with van der Waals surface area (Å²) in [6.45, 7) is 6.05. The Bertz CT molecular complexity index is 525. The minimum atomic E-state index is -0.0854. The van der Waals surface area contributed by atoms with Gasteiger partial charge in [0.2, 0.25) is 0 Å². The number of aryl methyl sites for hydroxylation is 1. The summed E-state index contributed by atoms with van der Waals surface area (Å²) in [6, 6.07) is 8.27. The first-order valence-corrected chi connectivity index (χ1v) is 6.75. The molecule has 0 aliphatic rings. The number of nitrogens with two attached hydrogens (primary N) is 1. The predicted molar refractivity (Wildman–Crippen MR) is 78.7 cm³/mol. The number of para-hydroxylation sites is 1. The molecular weight excluding hydrogens is 220 g/mol. The zero-order valence-corrected chi connectivity index (χ0v) is 11.1. The van der Waals surface area contributed by atoms with Crippen molar-refractivity contribution in [2.24, 2.45) is 5.73 Å². The molecule has 1 heterocycles. The van der Waals surface area contributed by atoms with Gasteiger partial charge in [0.25, 0.3) is 0 Å². The van der Waals surface area contributed by atoms with E-state index >= 15 is 0 Å². The van der Waals surface area contributed by atoms with Gasteiger partial charge < -0.3 is 10.7 Å². The molecule has 1 atom stereocenters. The Hall–Kier alpha value is -1.54. The number of nitrogens with one attached hydrogen (secondary N) is 1. The molecule has 0 saturated heterocycles. The minimum absolute atomic E-state index is 0.0854. The number of rotatable bonds is 6. The summed E-state index contributed by atoms with van der Waals surface area (Å²) in [6.07, 6.45) is 6.60. The van der Waals surface area contributed by atoms with E-state index in [2.05, 4.69) is 42.8 Å². The van der Waals surface area contributed by atoms with Gasteiger partial charge in [-0.1, -0.05) is 44.0 Å². The minimum Gasteiger partial charge on any atom is -0.358 e. The summed E-state index contributed by atoms with van der Waals surface area (Å²) in [7, 11) is 0. The van der Waals surface area contributed by atoms with Crippen LogP contribution in [0.1, 0.15) is 43.5 Å². The second-order valence-electron chi connectivity index (χ2n) is 4.78. The molecule has 2 nitrogen and oxygen atoms in total. The highest BCUT2D eigenvalue weighted by Crippen LogP contribution is 2.28. The van der Waals surface area contributed by atoms with Gasteiger partial charge in [0.15, 0.2) is 0 Å². The Morgan fingerprint density at radius 1 is 1.33 bits per heavy atom. The molecule has 3 N–H and O–H groups in total. The monoisotopic (exact) mass is 242 g/mol. The van der Waals surface area contributed by atoms with Gasteiger partial charge in [-0.2, -0.15) is 0 Å². The van der Waals surface area contributed by atoms with Crippen molar-refractivity contribution in [1.29, 1.82) is 0 Å². The molecule has 2 rings (SSSR count). The fraction of sp³-hybridized carbons (Fsp3) is 0.375. The highest BCUT2D eigenvalue weighted by Gasteiger charge is 2.14. The topological polar surface area (TPSA) is 41.8 Å². The van der Waals surface area contributed by atoms with Gasteiger partial charge in [-0.15, -0.1) is 6.58 Å². The number of aromatic amines is 1. The molecule has 0 radical (unpaired) electrons. The third-order valence-electron chi connectivity index (χ3n) is 3.45. The van der Waals surface area contributed by atoms with Gasteiger partial charge in [0.05, 0.1) is 6.04 Å². The molecule has 18 heavy (non-hydrogen) atoms. The van der Waals surface area contributed by atoms with Crippen LogP contribution in [0.5, 0.6) is 0 Å². The number of unbranched alkanes of at least 4 members (excludes halogenated alkanes) is 2. The maximum absolute atomic E-state index is 6.17. The van der Waals surface area contributed by atoms with Crippen LogP contribution in [0.3, 0.4) is 0 Å². The standard InChI is InChI=1S/C16H22N2/c1-3-5-6-11-15-16(13(17)4-2)12-9-7-8-10-14(12)18-15/h4,7-10,13,18H,2-3,5-6,11,17H2,1H3. The van der Waals surface area contributed by atoms with Gasteiger partial charge >= 0.3 is 0 Å². The van der Waals surface area contributed by atoms with Crippen molar-refractivity contribution in [3.63, 3.8) is 0 Å². The molecule has 0 amide bonds. The molecule has 1 unspecified atom stereocenters. The molecule has 0 bridgehead atoms. The van der Waals surface area contributed by atoms with E-state index in [1.807, 2.05) is 6.08 Å². The van der Waals surface area contributed by atoms with Crippen molar-refractivity contribution in [3.05, 3.63) is 48.2 Å². The quantitative estimate of drug-likeness (QED) is 0.581. The predicted octanol–water partition coefficient (Wildman–Crippen LogP) is 4.09. The first kappa shape index (κ1) is 12.9. The summed E-state index contributed by atoms with van der Waals surface area (Å²) >= 11 is 0. The molecule has 0 aliphatic heterocycles. The highest BCUT2D eigenvalue weighted by atomic mass is 14.7. The van der Waals surface area contributed by atoms with Gasteiger partial charge in [0, 0.05) is 22.2 Å². The molecule has 96 valence electrons. The fourth-order valence-corrected chi connectivity index (χ4v) is 2.47. The molecular formula is C16H22N2. The van der Waals surface area contributed by atoms with Crippen LogP contribution in [-0.2, 0) is 6.42 Å². The van der Waals surface area contributed by atoms with Crippen LogP contribution in [0.15, 0.2) is 36.9 Å². The lowest BCUT2D eigenvalue weighted by molar-refractivity contribution is 0.702. The maximum atomic E-state index is 6.17. The van der Waals surface area contributed by atoms with Crippen molar-refractivity contribution < 1.29 is 0 Å². The van der Waals surface area contributed by atoms with Crippen LogP contribution in [0.2, 0.25) is 0 Å².